The normalized spacial score (nSPS) is 19.8. The molecular weight excluding hydrogens is 232 g/mol. The second-order valence-corrected chi connectivity index (χ2v) is 5.76. The van der Waals surface area contributed by atoms with E-state index in [9.17, 15) is 9.59 Å². The van der Waals surface area contributed by atoms with E-state index in [-0.39, 0.29) is 29.8 Å². The molecule has 0 aliphatic heterocycles. The summed E-state index contributed by atoms with van der Waals surface area (Å²) in [5, 5.41) is 11.6. The van der Waals surface area contributed by atoms with Crippen molar-refractivity contribution in [3.05, 3.63) is 0 Å². The van der Waals surface area contributed by atoms with Crippen LogP contribution in [0.1, 0.15) is 52.4 Å². The van der Waals surface area contributed by atoms with Crippen LogP contribution in [0.4, 0.5) is 0 Å². The lowest BCUT2D eigenvalue weighted by Gasteiger charge is -2.26. The summed E-state index contributed by atoms with van der Waals surface area (Å²) in [6.07, 6.45) is 4.17. The number of nitrogens with one attached hydrogen (secondary N) is 1. The molecule has 1 aliphatic carbocycles. The van der Waals surface area contributed by atoms with Crippen LogP contribution < -0.4 is 11.1 Å². The number of carbonyl (C=O) groups is 2. The van der Waals surface area contributed by atoms with Gasteiger partial charge in [-0.2, -0.15) is 0 Å². The van der Waals surface area contributed by atoms with Crippen LogP contribution in [0, 0.1) is 5.92 Å². The lowest BCUT2D eigenvalue weighted by molar-refractivity contribution is -0.138. The van der Waals surface area contributed by atoms with E-state index in [0.29, 0.717) is 6.42 Å². The fraction of sp³-hybridized carbons (Fsp3) is 0.846. The lowest BCUT2D eigenvalue weighted by Crippen LogP contribution is -2.46. The highest BCUT2D eigenvalue weighted by molar-refractivity contribution is 5.78. The minimum absolute atomic E-state index is 0.0407. The predicted molar refractivity (Wildman–Crippen MR) is 69.0 cm³/mol. The Hall–Kier alpha value is -1.10. The van der Waals surface area contributed by atoms with E-state index in [0.717, 1.165) is 25.7 Å². The molecule has 18 heavy (non-hydrogen) atoms. The summed E-state index contributed by atoms with van der Waals surface area (Å²) in [5.74, 6) is -0.918. The van der Waals surface area contributed by atoms with Crippen LogP contribution in [-0.4, -0.2) is 28.6 Å². The first-order chi connectivity index (χ1) is 8.32. The predicted octanol–water partition coefficient (Wildman–Crippen LogP) is 1.26. The van der Waals surface area contributed by atoms with Crippen molar-refractivity contribution in [3.63, 3.8) is 0 Å². The maximum atomic E-state index is 11.9. The molecule has 0 aromatic heterocycles. The maximum absolute atomic E-state index is 11.9. The number of aliphatic carboxylic acids is 1. The van der Waals surface area contributed by atoms with E-state index >= 15 is 0 Å². The summed E-state index contributed by atoms with van der Waals surface area (Å²) in [6, 6.07) is -0.319. The van der Waals surface area contributed by atoms with Crippen LogP contribution >= 0.6 is 0 Å². The molecule has 0 bridgehead atoms. The molecule has 0 heterocycles. The molecule has 1 aliphatic rings. The molecule has 0 radical (unpaired) electrons. The SMILES string of the molecule is CC(C)C(CC(=O)O)NC(=O)CC1(N)CCCC1. The third-order valence-electron chi connectivity index (χ3n) is 3.66. The van der Waals surface area contributed by atoms with Crippen molar-refractivity contribution in [1.82, 2.24) is 5.32 Å². The first-order valence-corrected chi connectivity index (χ1v) is 6.62. The number of amides is 1. The van der Waals surface area contributed by atoms with Crippen molar-refractivity contribution >= 4 is 11.9 Å². The number of hydrogen-bond donors (Lipinski definition) is 3. The molecule has 1 fully saturated rings. The van der Waals surface area contributed by atoms with Gasteiger partial charge in [0, 0.05) is 18.0 Å². The third-order valence-corrected chi connectivity index (χ3v) is 3.66. The highest BCUT2D eigenvalue weighted by Crippen LogP contribution is 2.30. The average molecular weight is 256 g/mol. The summed E-state index contributed by atoms with van der Waals surface area (Å²) in [6.45, 7) is 3.81. The topological polar surface area (TPSA) is 92.4 Å². The molecule has 0 aromatic rings. The average Bonchev–Trinajstić information content (AvgIpc) is 2.62. The number of hydrogen-bond acceptors (Lipinski definition) is 3. The van der Waals surface area contributed by atoms with Gasteiger partial charge in [0.2, 0.25) is 5.91 Å². The minimum Gasteiger partial charge on any atom is -0.481 e. The fourth-order valence-corrected chi connectivity index (χ4v) is 2.48. The van der Waals surface area contributed by atoms with Crippen molar-refractivity contribution in [2.24, 2.45) is 11.7 Å². The monoisotopic (exact) mass is 256 g/mol. The first kappa shape index (κ1) is 15.0. The van der Waals surface area contributed by atoms with Crippen LogP contribution in [0.2, 0.25) is 0 Å². The zero-order valence-corrected chi connectivity index (χ0v) is 11.2. The molecule has 1 saturated carbocycles. The molecule has 4 N–H and O–H groups in total. The second kappa shape index (κ2) is 6.18. The van der Waals surface area contributed by atoms with E-state index in [1.54, 1.807) is 0 Å². The lowest BCUT2D eigenvalue weighted by atomic mass is 9.93. The van der Waals surface area contributed by atoms with Gasteiger partial charge in [0.1, 0.15) is 0 Å². The third kappa shape index (κ3) is 4.64. The number of carbonyl (C=O) groups excluding carboxylic acids is 1. The summed E-state index contributed by atoms with van der Waals surface area (Å²) in [4.78, 5) is 22.6. The summed E-state index contributed by atoms with van der Waals surface area (Å²) in [5.41, 5.74) is 5.76. The van der Waals surface area contributed by atoms with Crippen molar-refractivity contribution in [3.8, 4) is 0 Å². The van der Waals surface area contributed by atoms with Gasteiger partial charge in [-0.15, -0.1) is 0 Å². The standard InChI is InChI=1S/C13H24N2O3/c1-9(2)10(7-12(17)18)15-11(16)8-13(14)5-3-4-6-13/h9-10H,3-8,14H2,1-2H3,(H,15,16)(H,17,18). The van der Waals surface area contributed by atoms with Crippen LogP contribution in [0.3, 0.4) is 0 Å². The highest BCUT2D eigenvalue weighted by atomic mass is 16.4. The Morgan fingerprint density at radius 1 is 1.33 bits per heavy atom. The van der Waals surface area contributed by atoms with Gasteiger partial charge in [-0.25, -0.2) is 0 Å². The summed E-state index contributed by atoms with van der Waals surface area (Å²) < 4.78 is 0. The summed E-state index contributed by atoms with van der Waals surface area (Å²) >= 11 is 0. The van der Waals surface area contributed by atoms with E-state index < -0.39 is 5.97 Å². The van der Waals surface area contributed by atoms with Crippen LogP contribution in [-0.2, 0) is 9.59 Å². The molecule has 1 amide bonds. The number of carboxylic acid groups (broad SMARTS) is 1. The fourth-order valence-electron chi connectivity index (χ4n) is 2.48. The van der Waals surface area contributed by atoms with Gasteiger partial charge in [0.15, 0.2) is 0 Å². The first-order valence-electron chi connectivity index (χ1n) is 6.62. The molecule has 0 spiro atoms. The Bertz CT molecular complexity index is 309. The quantitative estimate of drug-likeness (QED) is 0.667. The minimum atomic E-state index is -0.891. The van der Waals surface area contributed by atoms with Gasteiger partial charge >= 0.3 is 5.97 Å². The molecule has 0 saturated heterocycles. The molecule has 0 aromatic carbocycles. The Labute approximate surface area is 108 Å². The Morgan fingerprint density at radius 3 is 2.33 bits per heavy atom. The van der Waals surface area contributed by atoms with Gasteiger partial charge in [-0.1, -0.05) is 26.7 Å². The maximum Gasteiger partial charge on any atom is 0.305 e. The highest BCUT2D eigenvalue weighted by Gasteiger charge is 2.32. The Kier molecular flexibility index (Phi) is 5.14. The van der Waals surface area contributed by atoms with Crippen LogP contribution in [0.15, 0.2) is 0 Å². The van der Waals surface area contributed by atoms with Crippen molar-refractivity contribution < 1.29 is 14.7 Å². The van der Waals surface area contributed by atoms with Crippen LogP contribution in [0.25, 0.3) is 0 Å². The molecule has 1 atom stereocenters. The van der Waals surface area contributed by atoms with Gasteiger partial charge in [0.05, 0.1) is 6.42 Å². The molecule has 1 unspecified atom stereocenters. The van der Waals surface area contributed by atoms with Gasteiger partial charge in [-0.05, 0) is 18.8 Å². The van der Waals surface area contributed by atoms with E-state index in [1.165, 1.54) is 0 Å². The van der Waals surface area contributed by atoms with Gasteiger partial charge < -0.3 is 16.2 Å². The summed E-state index contributed by atoms with van der Waals surface area (Å²) in [7, 11) is 0. The van der Waals surface area contributed by atoms with Gasteiger partial charge in [0.25, 0.3) is 0 Å². The van der Waals surface area contributed by atoms with Crippen molar-refractivity contribution in [1.29, 1.82) is 0 Å². The van der Waals surface area contributed by atoms with E-state index in [4.69, 9.17) is 10.8 Å². The zero-order valence-electron chi connectivity index (χ0n) is 11.2. The van der Waals surface area contributed by atoms with E-state index in [2.05, 4.69) is 5.32 Å². The molecular formula is C13H24N2O3. The van der Waals surface area contributed by atoms with E-state index in [1.807, 2.05) is 13.8 Å². The van der Waals surface area contributed by atoms with Crippen molar-refractivity contribution in [2.75, 3.05) is 0 Å². The number of carboxylic acids is 1. The van der Waals surface area contributed by atoms with Gasteiger partial charge in [-0.3, -0.25) is 9.59 Å². The van der Waals surface area contributed by atoms with Crippen molar-refractivity contribution in [2.45, 2.75) is 64.0 Å². The Morgan fingerprint density at radius 2 is 1.89 bits per heavy atom. The number of rotatable bonds is 6. The number of nitrogens with two attached hydrogens (primary N) is 1. The molecule has 104 valence electrons. The smallest absolute Gasteiger partial charge is 0.305 e. The second-order valence-electron chi connectivity index (χ2n) is 5.76. The van der Waals surface area contributed by atoms with Crippen LogP contribution in [0.5, 0.6) is 0 Å². The molecule has 5 nitrogen and oxygen atoms in total. The zero-order chi connectivity index (χ0) is 13.8. The Balaban J connectivity index is 2.48. The molecule has 5 heteroatoms. The molecule has 1 rings (SSSR count). The largest absolute Gasteiger partial charge is 0.481 e.